The molecule has 0 aliphatic carbocycles. The Hall–Kier alpha value is -0.210. The van der Waals surface area contributed by atoms with Crippen molar-refractivity contribution in [2.24, 2.45) is 0 Å². The summed E-state index contributed by atoms with van der Waals surface area (Å²) in [7, 11) is -3.37. The zero-order chi connectivity index (χ0) is 11.6. The molecule has 0 saturated heterocycles. The molecule has 0 bridgehead atoms. The first kappa shape index (κ1) is 14.8. The van der Waals surface area contributed by atoms with Crippen LogP contribution in [0.1, 0.15) is 6.92 Å². The van der Waals surface area contributed by atoms with Gasteiger partial charge in [0.05, 0.1) is 45.4 Å². The van der Waals surface area contributed by atoms with Gasteiger partial charge in [0, 0.05) is 0 Å². The molecule has 0 spiro atoms. The highest BCUT2D eigenvalue weighted by atomic mass is 32.2. The van der Waals surface area contributed by atoms with Crippen molar-refractivity contribution in [3.63, 3.8) is 0 Å². The smallest absolute Gasteiger partial charge is 0.267 e. The Balaban J connectivity index is 3.19. The quantitative estimate of drug-likeness (QED) is 0.406. The zero-order valence-electron chi connectivity index (χ0n) is 8.85. The van der Waals surface area contributed by atoms with E-state index >= 15 is 0 Å². The van der Waals surface area contributed by atoms with Gasteiger partial charge in [0.15, 0.2) is 0 Å². The van der Waals surface area contributed by atoms with Crippen LogP contribution in [-0.4, -0.2) is 58.9 Å². The highest BCUT2D eigenvalue weighted by molar-refractivity contribution is 7.86. The summed E-state index contributed by atoms with van der Waals surface area (Å²) in [5, 5.41) is 8.37. The minimum absolute atomic E-state index is 0.0160. The van der Waals surface area contributed by atoms with Crippen molar-refractivity contribution < 1.29 is 27.2 Å². The molecule has 0 aromatic carbocycles. The van der Waals surface area contributed by atoms with Gasteiger partial charge < -0.3 is 14.6 Å². The van der Waals surface area contributed by atoms with Gasteiger partial charge in [-0.15, -0.1) is 0 Å². The third-order valence-corrected chi connectivity index (χ3v) is 2.68. The highest BCUT2D eigenvalue weighted by Gasteiger charge is 2.05. The number of ether oxygens (including phenoxy) is 2. The summed E-state index contributed by atoms with van der Waals surface area (Å²) < 4.78 is 36.2. The molecule has 0 radical (unpaired) electrons. The largest absolute Gasteiger partial charge is 0.394 e. The fourth-order valence-electron chi connectivity index (χ4n) is 0.690. The lowest BCUT2D eigenvalue weighted by Gasteiger charge is -2.05. The number of hydrogen-bond acceptors (Lipinski definition) is 6. The van der Waals surface area contributed by atoms with Gasteiger partial charge in [-0.3, -0.25) is 4.18 Å². The second-order valence-corrected chi connectivity index (χ2v) is 4.55. The number of hydrogen-bond donors (Lipinski definition) is 1. The molecule has 0 atom stereocenters. The van der Waals surface area contributed by atoms with Crippen LogP contribution < -0.4 is 0 Å². The molecule has 0 aliphatic heterocycles. The molecule has 0 fully saturated rings. The summed E-state index contributed by atoms with van der Waals surface area (Å²) in [6.07, 6.45) is 0. The Bertz CT molecular complexity index is 225. The highest BCUT2D eigenvalue weighted by Crippen LogP contribution is 1.91. The van der Waals surface area contributed by atoms with E-state index in [1.54, 1.807) is 0 Å². The molecule has 7 heteroatoms. The monoisotopic (exact) mass is 242 g/mol. The second-order valence-electron chi connectivity index (χ2n) is 2.62. The van der Waals surface area contributed by atoms with Gasteiger partial charge in [-0.05, 0) is 6.92 Å². The van der Waals surface area contributed by atoms with Crippen molar-refractivity contribution in [3.05, 3.63) is 0 Å². The summed E-state index contributed by atoms with van der Waals surface area (Å²) in [6.45, 7) is 2.75. The lowest BCUT2D eigenvalue weighted by Crippen LogP contribution is -2.14. The summed E-state index contributed by atoms with van der Waals surface area (Å²) in [5.74, 6) is -0.0351. The maximum absolute atomic E-state index is 10.8. The molecule has 0 heterocycles. The van der Waals surface area contributed by atoms with E-state index < -0.39 is 10.1 Å². The van der Waals surface area contributed by atoms with Crippen molar-refractivity contribution in [3.8, 4) is 0 Å². The molecule has 0 saturated carbocycles. The van der Waals surface area contributed by atoms with Crippen LogP contribution >= 0.6 is 0 Å². The van der Waals surface area contributed by atoms with Gasteiger partial charge in [-0.2, -0.15) is 8.42 Å². The topological polar surface area (TPSA) is 82.1 Å². The first-order valence-corrected chi connectivity index (χ1v) is 6.33. The van der Waals surface area contributed by atoms with Crippen molar-refractivity contribution in [2.75, 3.05) is 45.4 Å². The minimum atomic E-state index is -3.37. The molecule has 0 aliphatic rings. The molecule has 0 aromatic rings. The van der Waals surface area contributed by atoms with Crippen molar-refractivity contribution >= 4 is 10.1 Å². The number of aliphatic hydroxyl groups is 1. The first-order valence-electron chi connectivity index (χ1n) is 4.76. The molecule has 0 aromatic heterocycles. The van der Waals surface area contributed by atoms with Crippen molar-refractivity contribution in [1.82, 2.24) is 0 Å². The molecular weight excluding hydrogens is 224 g/mol. The Morgan fingerprint density at radius 2 is 1.53 bits per heavy atom. The van der Waals surface area contributed by atoms with Crippen LogP contribution in [-0.2, 0) is 23.8 Å². The maximum atomic E-state index is 10.8. The zero-order valence-corrected chi connectivity index (χ0v) is 9.66. The van der Waals surface area contributed by atoms with Gasteiger partial charge in [0.1, 0.15) is 0 Å². The third-order valence-electron chi connectivity index (χ3n) is 1.45. The van der Waals surface area contributed by atoms with Gasteiger partial charge in [0.2, 0.25) is 0 Å². The predicted octanol–water partition coefficient (Wildman–Crippen LogP) is -0.622. The Labute approximate surface area is 90.3 Å². The summed E-state index contributed by atoms with van der Waals surface area (Å²) in [6, 6.07) is 0. The van der Waals surface area contributed by atoms with Crippen LogP contribution in [0.4, 0.5) is 0 Å². The van der Waals surface area contributed by atoms with E-state index in [4.69, 9.17) is 14.6 Å². The standard InChI is InChI=1S/C8H18O6S/c1-2-15(10,11)14-8-7-13-6-5-12-4-3-9/h9H,2-8H2,1H3. The van der Waals surface area contributed by atoms with Crippen LogP contribution in [0.5, 0.6) is 0 Å². The Morgan fingerprint density at radius 3 is 2.07 bits per heavy atom. The Morgan fingerprint density at radius 1 is 1.00 bits per heavy atom. The van der Waals surface area contributed by atoms with Gasteiger partial charge in [0.25, 0.3) is 10.1 Å². The lowest BCUT2D eigenvalue weighted by molar-refractivity contribution is 0.0253. The van der Waals surface area contributed by atoms with Gasteiger partial charge in [-0.1, -0.05) is 0 Å². The number of aliphatic hydroxyl groups excluding tert-OH is 1. The van der Waals surface area contributed by atoms with E-state index in [0.29, 0.717) is 13.2 Å². The summed E-state index contributed by atoms with van der Waals surface area (Å²) in [4.78, 5) is 0. The Kier molecular flexibility index (Phi) is 8.92. The van der Waals surface area contributed by atoms with E-state index in [-0.39, 0.29) is 32.2 Å². The lowest BCUT2D eigenvalue weighted by atomic mass is 10.7. The summed E-state index contributed by atoms with van der Waals surface area (Å²) >= 11 is 0. The molecule has 15 heavy (non-hydrogen) atoms. The van der Waals surface area contributed by atoms with Crippen LogP contribution in [0.25, 0.3) is 0 Å². The van der Waals surface area contributed by atoms with Crippen LogP contribution in [0.15, 0.2) is 0 Å². The first-order chi connectivity index (χ1) is 7.12. The fourth-order valence-corrected chi connectivity index (χ4v) is 1.18. The number of rotatable bonds is 10. The van der Waals surface area contributed by atoms with Crippen molar-refractivity contribution in [2.45, 2.75) is 6.92 Å². The SMILES string of the molecule is CCS(=O)(=O)OCCOCCOCCO. The molecule has 92 valence electrons. The molecule has 0 amide bonds. The van der Waals surface area contributed by atoms with Crippen LogP contribution in [0.2, 0.25) is 0 Å². The molecule has 0 rings (SSSR count). The molecule has 0 unspecified atom stereocenters. The van der Waals surface area contributed by atoms with E-state index in [2.05, 4.69) is 4.18 Å². The minimum Gasteiger partial charge on any atom is -0.394 e. The fraction of sp³-hybridized carbons (Fsp3) is 1.00. The average molecular weight is 242 g/mol. The van der Waals surface area contributed by atoms with Crippen LogP contribution in [0.3, 0.4) is 0 Å². The van der Waals surface area contributed by atoms with Crippen LogP contribution in [0, 0.1) is 0 Å². The van der Waals surface area contributed by atoms with E-state index in [9.17, 15) is 8.42 Å². The van der Waals surface area contributed by atoms with E-state index in [1.807, 2.05) is 0 Å². The van der Waals surface area contributed by atoms with E-state index in [0.717, 1.165) is 0 Å². The third kappa shape index (κ3) is 10.1. The molecule has 1 N–H and O–H groups in total. The maximum Gasteiger partial charge on any atom is 0.267 e. The van der Waals surface area contributed by atoms with Gasteiger partial charge >= 0.3 is 0 Å². The summed E-state index contributed by atoms with van der Waals surface area (Å²) in [5.41, 5.74) is 0. The second kappa shape index (κ2) is 9.05. The molecule has 6 nitrogen and oxygen atoms in total. The average Bonchev–Trinajstić information content (AvgIpc) is 2.22. The van der Waals surface area contributed by atoms with Gasteiger partial charge in [-0.25, -0.2) is 0 Å². The predicted molar refractivity (Wildman–Crippen MR) is 54.1 cm³/mol. The molecular formula is C8H18O6S. The van der Waals surface area contributed by atoms with E-state index in [1.165, 1.54) is 6.92 Å². The van der Waals surface area contributed by atoms with Crippen molar-refractivity contribution in [1.29, 1.82) is 0 Å². The normalized spacial score (nSPS) is 11.9.